The molecule has 1 fully saturated rings. The van der Waals surface area contributed by atoms with Crippen LogP contribution in [0.2, 0.25) is 0 Å². The monoisotopic (exact) mass is 279 g/mol. The van der Waals surface area contributed by atoms with Crippen LogP contribution in [-0.2, 0) is 6.54 Å². The number of nitrogens with zero attached hydrogens (tertiary/aromatic N) is 2. The van der Waals surface area contributed by atoms with Gasteiger partial charge in [0.1, 0.15) is 5.75 Å². The second kappa shape index (κ2) is 6.19. The summed E-state index contributed by atoms with van der Waals surface area (Å²) in [5.74, 6) is 0.973. The van der Waals surface area contributed by atoms with Gasteiger partial charge >= 0.3 is 0 Å². The van der Waals surface area contributed by atoms with E-state index in [2.05, 4.69) is 11.8 Å². The second-order valence-electron chi connectivity index (χ2n) is 5.46. The van der Waals surface area contributed by atoms with Gasteiger partial charge in [0.05, 0.1) is 18.1 Å². The van der Waals surface area contributed by atoms with Crippen LogP contribution < -0.4 is 10.5 Å². The first kappa shape index (κ1) is 14.7. The lowest BCUT2D eigenvalue weighted by atomic mass is 9.94. The normalized spacial score (nSPS) is 23.6. The minimum absolute atomic E-state index is 0.0705. The van der Waals surface area contributed by atoms with Crippen molar-refractivity contribution in [2.75, 3.05) is 20.2 Å². The maximum atomic E-state index is 10.9. The van der Waals surface area contributed by atoms with Crippen LogP contribution in [0.1, 0.15) is 18.9 Å². The SMILES string of the molecule is COc1cc(CN2CCC(N)C(C)C2)cc([N+](=O)[O-])c1. The Bertz CT molecular complexity index is 493. The van der Waals surface area contributed by atoms with Crippen molar-refractivity contribution < 1.29 is 9.66 Å². The fraction of sp³-hybridized carbons (Fsp3) is 0.571. The zero-order valence-electron chi connectivity index (χ0n) is 11.9. The van der Waals surface area contributed by atoms with Crippen molar-refractivity contribution in [3.8, 4) is 5.75 Å². The van der Waals surface area contributed by atoms with Gasteiger partial charge in [-0.25, -0.2) is 0 Å². The van der Waals surface area contributed by atoms with Gasteiger partial charge in [-0.3, -0.25) is 15.0 Å². The molecule has 1 aliphatic rings. The van der Waals surface area contributed by atoms with E-state index in [1.165, 1.54) is 13.2 Å². The molecule has 0 amide bonds. The van der Waals surface area contributed by atoms with Gasteiger partial charge in [0, 0.05) is 25.2 Å². The number of piperidine rings is 1. The molecule has 1 aromatic carbocycles. The number of hydrogen-bond donors (Lipinski definition) is 1. The molecule has 1 saturated heterocycles. The highest BCUT2D eigenvalue weighted by molar-refractivity contribution is 5.42. The molecule has 1 aliphatic heterocycles. The molecule has 2 unspecified atom stereocenters. The molecule has 0 saturated carbocycles. The van der Waals surface area contributed by atoms with E-state index in [9.17, 15) is 10.1 Å². The third-order valence-electron chi connectivity index (χ3n) is 3.86. The summed E-state index contributed by atoms with van der Waals surface area (Å²) in [7, 11) is 1.52. The van der Waals surface area contributed by atoms with Gasteiger partial charge in [0.25, 0.3) is 5.69 Å². The lowest BCUT2D eigenvalue weighted by molar-refractivity contribution is -0.385. The number of nitro groups is 1. The minimum atomic E-state index is -0.388. The van der Waals surface area contributed by atoms with Crippen molar-refractivity contribution in [3.63, 3.8) is 0 Å². The van der Waals surface area contributed by atoms with E-state index in [-0.39, 0.29) is 16.7 Å². The number of benzene rings is 1. The zero-order valence-corrected chi connectivity index (χ0v) is 11.9. The van der Waals surface area contributed by atoms with E-state index in [0.29, 0.717) is 18.2 Å². The van der Waals surface area contributed by atoms with Gasteiger partial charge < -0.3 is 10.5 Å². The lowest BCUT2D eigenvalue weighted by Crippen LogP contribution is -2.45. The fourth-order valence-electron chi connectivity index (χ4n) is 2.61. The number of nitro benzene ring substituents is 1. The number of rotatable bonds is 4. The third kappa shape index (κ3) is 3.46. The molecular formula is C14H21N3O3. The molecule has 20 heavy (non-hydrogen) atoms. The maximum absolute atomic E-state index is 10.9. The molecule has 0 aliphatic carbocycles. The van der Waals surface area contributed by atoms with E-state index in [0.717, 1.165) is 25.1 Å². The van der Waals surface area contributed by atoms with E-state index in [1.54, 1.807) is 6.07 Å². The molecule has 0 aromatic heterocycles. The third-order valence-corrected chi connectivity index (χ3v) is 3.86. The van der Waals surface area contributed by atoms with Crippen molar-refractivity contribution in [1.29, 1.82) is 0 Å². The average molecular weight is 279 g/mol. The van der Waals surface area contributed by atoms with Crippen LogP contribution in [0, 0.1) is 16.0 Å². The predicted molar refractivity (Wildman–Crippen MR) is 76.7 cm³/mol. The predicted octanol–water partition coefficient (Wildman–Crippen LogP) is 1.77. The Labute approximate surface area is 118 Å². The van der Waals surface area contributed by atoms with Gasteiger partial charge in [-0.15, -0.1) is 0 Å². The van der Waals surface area contributed by atoms with E-state index >= 15 is 0 Å². The number of hydrogen-bond acceptors (Lipinski definition) is 5. The van der Waals surface area contributed by atoms with E-state index in [4.69, 9.17) is 10.5 Å². The smallest absolute Gasteiger partial charge is 0.273 e. The van der Waals surface area contributed by atoms with Gasteiger partial charge in [-0.05, 0) is 30.5 Å². The highest BCUT2D eigenvalue weighted by atomic mass is 16.6. The van der Waals surface area contributed by atoms with Crippen molar-refractivity contribution in [2.24, 2.45) is 11.7 Å². The Morgan fingerprint density at radius 3 is 2.85 bits per heavy atom. The zero-order chi connectivity index (χ0) is 14.7. The van der Waals surface area contributed by atoms with Gasteiger partial charge in [-0.2, -0.15) is 0 Å². The number of ether oxygens (including phenoxy) is 1. The maximum Gasteiger partial charge on any atom is 0.273 e. The lowest BCUT2D eigenvalue weighted by Gasteiger charge is -2.35. The number of non-ortho nitro benzene ring substituents is 1. The van der Waals surface area contributed by atoms with Crippen molar-refractivity contribution in [2.45, 2.75) is 25.9 Å². The van der Waals surface area contributed by atoms with Gasteiger partial charge in [0.2, 0.25) is 0 Å². The summed E-state index contributed by atoms with van der Waals surface area (Å²) in [6.07, 6.45) is 0.966. The number of methoxy groups -OCH3 is 1. The van der Waals surface area contributed by atoms with Gasteiger partial charge in [-0.1, -0.05) is 6.92 Å². The van der Waals surface area contributed by atoms with Crippen molar-refractivity contribution in [1.82, 2.24) is 4.90 Å². The molecule has 0 spiro atoms. The number of nitrogens with two attached hydrogens (primary N) is 1. The molecule has 2 rings (SSSR count). The Morgan fingerprint density at radius 1 is 1.50 bits per heavy atom. The quantitative estimate of drug-likeness (QED) is 0.671. The Hall–Kier alpha value is -1.66. The summed E-state index contributed by atoms with van der Waals surface area (Å²) in [5.41, 5.74) is 6.98. The first-order chi connectivity index (χ1) is 9.49. The van der Waals surface area contributed by atoms with Crippen molar-refractivity contribution >= 4 is 5.69 Å². The van der Waals surface area contributed by atoms with Crippen LogP contribution in [-0.4, -0.2) is 36.1 Å². The molecule has 0 bridgehead atoms. The molecule has 6 heteroatoms. The first-order valence-electron chi connectivity index (χ1n) is 6.80. The summed E-state index contributed by atoms with van der Waals surface area (Å²) < 4.78 is 5.13. The first-order valence-corrected chi connectivity index (χ1v) is 6.80. The molecule has 6 nitrogen and oxygen atoms in total. The molecule has 2 N–H and O–H groups in total. The second-order valence-corrected chi connectivity index (χ2v) is 5.46. The summed E-state index contributed by atoms with van der Waals surface area (Å²) in [4.78, 5) is 12.8. The summed E-state index contributed by atoms with van der Waals surface area (Å²) in [6.45, 7) is 4.68. The van der Waals surface area contributed by atoms with Crippen LogP contribution in [0.5, 0.6) is 5.75 Å². The van der Waals surface area contributed by atoms with Crippen LogP contribution >= 0.6 is 0 Å². The Kier molecular flexibility index (Phi) is 4.57. The van der Waals surface area contributed by atoms with Crippen LogP contribution in [0.25, 0.3) is 0 Å². The Balaban J connectivity index is 2.12. The average Bonchev–Trinajstić information content (AvgIpc) is 2.42. The topological polar surface area (TPSA) is 81.6 Å². The molecular weight excluding hydrogens is 258 g/mol. The minimum Gasteiger partial charge on any atom is -0.496 e. The molecule has 1 heterocycles. The van der Waals surface area contributed by atoms with Crippen LogP contribution in [0.3, 0.4) is 0 Å². The largest absolute Gasteiger partial charge is 0.496 e. The summed E-state index contributed by atoms with van der Waals surface area (Å²) in [5, 5.41) is 10.9. The highest BCUT2D eigenvalue weighted by Crippen LogP contribution is 2.25. The molecule has 110 valence electrons. The number of likely N-dealkylation sites (tertiary alicyclic amines) is 1. The fourth-order valence-corrected chi connectivity index (χ4v) is 2.61. The highest BCUT2D eigenvalue weighted by Gasteiger charge is 2.23. The Morgan fingerprint density at radius 2 is 2.25 bits per heavy atom. The molecule has 0 radical (unpaired) electrons. The summed E-state index contributed by atoms with van der Waals surface area (Å²) in [6, 6.07) is 5.16. The standard InChI is InChI=1S/C14H21N3O3/c1-10-8-16(4-3-14(10)15)9-11-5-12(17(18)19)7-13(6-11)20-2/h5-7,10,14H,3-4,8-9,15H2,1-2H3. The van der Waals surface area contributed by atoms with E-state index in [1.807, 2.05) is 6.07 Å². The molecule has 1 aromatic rings. The molecule has 2 atom stereocenters. The van der Waals surface area contributed by atoms with Crippen LogP contribution in [0.4, 0.5) is 5.69 Å². The van der Waals surface area contributed by atoms with E-state index < -0.39 is 0 Å². The summed E-state index contributed by atoms with van der Waals surface area (Å²) >= 11 is 0. The van der Waals surface area contributed by atoms with Crippen LogP contribution in [0.15, 0.2) is 18.2 Å². The van der Waals surface area contributed by atoms with Gasteiger partial charge in [0.15, 0.2) is 0 Å². The van der Waals surface area contributed by atoms with Crippen molar-refractivity contribution in [3.05, 3.63) is 33.9 Å².